The van der Waals surface area contributed by atoms with Gasteiger partial charge in [-0.15, -0.1) is 0 Å². The van der Waals surface area contributed by atoms with Gasteiger partial charge in [-0.3, -0.25) is 38.9 Å². The number of halogens is 2. The summed E-state index contributed by atoms with van der Waals surface area (Å²) in [5.74, 6) is -1.73. The summed E-state index contributed by atoms with van der Waals surface area (Å²) in [5, 5.41) is 25.8. The highest BCUT2D eigenvalue weighted by Crippen LogP contribution is 2.36. The van der Waals surface area contributed by atoms with Gasteiger partial charge in [-0.05, 0) is 95.0 Å². The van der Waals surface area contributed by atoms with E-state index < -0.39 is 53.8 Å². The zero-order chi connectivity index (χ0) is 46.3. The Morgan fingerprint density at radius 3 is 2.61 bits per heavy atom. The number of rotatable bonds is 19. The number of nitrogens with one attached hydrogen (secondary N) is 4. The molecule has 0 bridgehead atoms. The van der Waals surface area contributed by atoms with Crippen molar-refractivity contribution >= 4 is 46.7 Å². The van der Waals surface area contributed by atoms with Crippen LogP contribution in [0.4, 0.5) is 26.0 Å². The van der Waals surface area contributed by atoms with E-state index in [9.17, 15) is 37.9 Å². The van der Waals surface area contributed by atoms with Gasteiger partial charge >= 0.3 is 0 Å². The van der Waals surface area contributed by atoms with E-state index >= 15 is 0 Å². The molecule has 3 fully saturated rings. The molecule has 2 aliphatic carbocycles. The molecule has 4 aromatic rings. The molecule has 20 heteroatoms. The van der Waals surface area contributed by atoms with Crippen LogP contribution in [-0.2, 0) is 14.3 Å². The van der Waals surface area contributed by atoms with Crippen LogP contribution in [0.3, 0.4) is 0 Å². The van der Waals surface area contributed by atoms with Gasteiger partial charge in [-0.1, -0.05) is 18.9 Å². The number of ether oxygens (including phenoxy) is 1. The lowest BCUT2D eigenvalue weighted by atomic mass is 9.86. The molecular formula is C46H56F2N10O8. The third-order valence-corrected chi connectivity index (χ3v) is 12.9. The van der Waals surface area contributed by atoms with Gasteiger partial charge in [0.1, 0.15) is 18.1 Å². The number of piperidine rings is 1. The zero-order valence-electron chi connectivity index (χ0n) is 36.8. The van der Waals surface area contributed by atoms with Crippen molar-refractivity contribution in [3.63, 3.8) is 0 Å². The smallest absolute Gasteiger partial charge is 0.284 e. The van der Waals surface area contributed by atoms with Crippen molar-refractivity contribution in [1.82, 2.24) is 34.9 Å². The monoisotopic (exact) mass is 914 g/mol. The average molecular weight is 915 g/mol. The topological polar surface area (TPSA) is 226 Å². The number of carbonyl (C=O) groups is 5. The second-order valence-corrected chi connectivity index (χ2v) is 17.6. The van der Waals surface area contributed by atoms with Crippen LogP contribution in [0.2, 0.25) is 0 Å². The predicted octanol–water partition coefficient (Wildman–Crippen LogP) is 5.81. The highest BCUT2D eigenvalue weighted by Gasteiger charge is 2.45. The number of aromatic nitrogens is 4. The van der Waals surface area contributed by atoms with Gasteiger partial charge in [-0.2, -0.15) is 5.10 Å². The first kappa shape index (κ1) is 46.4. The van der Waals surface area contributed by atoms with E-state index in [1.54, 1.807) is 41.2 Å². The van der Waals surface area contributed by atoms with Crippen LogP contribution in [0.25, 0.3) is 11.5 Å². The molecule has 0 spiro atoms. The normalized spacial score (nSPS) is 22.2. The van der Waals surface area contributed by atoms with E-state index in [4.69, 9.17) is 9.15 Å². The Morgan fingerprint density at radius 2 is 1.82 bits per heavy atom. The summed E-state index contributed by atoms with van der Waals surface area (Å²) in [4.78, 5) is 75.5. The second kappa shape index (κ2) is 21.0. The summed E-state index contributed by atoms with van der Waals surface area (Å²) >= 11 is 0. The van der Waals surface area contributed by atoms with Crippen LogP contribution in [0.5, 0.6) is 0 Å². The van der Waals surface area contributed by atoms with Gasteiger partial charge in [0.15, 0.2) is 11.4 Å². The van der Waals surface area contributed by atoms with Crippen molar-refractivity contribution in [2.24, 2.45) is 5.92 Å². The lowest BCUT2D eigenvalue weighted by Gasteiger charge is -2.31. The van der Waals surface area contributed by atoms with Gasteiger partial charge < -0.3 is 35.1 Å². The Morgan fingerprint density at radius 1 is 1.02 bits per heavy atom. The molecule has 1 unspecified atom stereocenters. The van der Waals surface area contributed by atoms with Gasteiger partial charge in [0.05, 0.1) is 35.0 Å². The number of aliphatic hydroxyl groups is 1. The van der Waals surface area contributed by atoms with Crippen molar-refractivity contribution < 1.29 is 47.0 Å². The Hall–Kier alpha value is -6.12. The Bertz CT molecular complexity index is 2400. The molecule has 1 aromatic carbocycles. The SMILES string of the molecule is CN(CCCOCCCNc1cccc2c1C(=O)N(C1CCC(=O)NC1=O)C2=O)CC1CCC(n2cc(NC(=O)c3coc(-c4ccnc(N[C@@H]5CCCC[C@@H]5O)c4)n3)c(C(F)F)n2)CC1. The summed E-state index contributed by atoms with van der Waals surface area (Å²) < 4.78 is 41.4. The van der Waals surface area contributed by atoms with Crippen molar-refractivity contribution in [3.05, 3.63) is 71.5 Å². The fourth-order valence-corrected chi connectivity index (χ4v) is 9.38. The minimum absolute atomic E-state index is 0.0568. The number of hydrogen-bond donors (Lipinski definition) is 5. The maximum absolute atomic E-state index is 14.2. The maximum atomic E-state index is 14.2. The number of amides is 5. The molecule has 352 valence electrons. The van der Waals surface area contributed by atoms with E-state index in [1.807, 2.05) is 0 Å². The quantitative estimate of drug-likeness (QED) is 0.0553. The summed E-state index contributed by atoms with van der Waals surface area (Å²) in [7, 11) is 2.08. The average Bonchev–Trinajstić information content (AvgIpc) is 4.03. The van der Waals surface area contributed by atoms with Crippen LogP contribution in [-0.4, -0.2) is 122 Å². The van der Waals surface area contributed by atoms with Crippen molar-refractivity contribution in [2.45, 2.75) is 108 Å². The predicted molar refractivity (Wildman–Crippen MR) is 237 cm³/mol. The number of oxazole rings is 1. The fraction of sp³-hybridized carbons (Fsp3) is 0.522. The molecular weight excluding hydrogens is 859 g/mol. The first-order valence-electron chi connectivity index (χ1n) is 22.8. The van der Waals surface area contributed by atoms with Gasteiger partial charge in [0.25, 0.3) is 24.1 Å². The molecule has 5 amide bonds. The number of aliphatic hydroxyl groups excluding tert-OH is 1. The molecule has 2 saturated carbocycles. The van der Waals surface area contributed by atoms with Crippen LogP contribution in [0.15, 0.2) is 53.4 Å². The van der Waals surface area contributed by atoms with Crippen LogP contribution < -0.4 is 21.3 Å². The van der Waals surface area contributed by atoms with E-state index in [-0.39, 0.29) is 53.3 Å². The zero-order valence-corrected chi connectivity index (χ0v) is 36.8. The Labute approximate surface area is 380 Å². The number of benzene rings is 1. The Kier molecular flexibility index (Phi) is 14.8. The van der Waals surface area contributed by atoms with E-state index in [1.165, 1.54) is 12.5 Å². The molecule has 5 heterocycles. The molecule has 18 nitrogen and oxygen atoms in total. The van der Waals surface area contributed by atoms with Gasteiger partial charge in [-0.25, -0.2) is 18.7 Å². The minimum atomic E-state index is -2.90. The number of imide groups is 2. The number of carbonyl (C=O) groups excluding carboxylic acids is 5. The molecule has 3 aromatic heterocycles. The standard InChI is InChI=1S/C46H56F2N10O8/c1-56(20-6-22-65-21-5-18-49-32-9-4-7-30-39(32)46(64)58(45(30)63)35-15-16-38(60)54-43(35)62)24-27-11-13-29(14-12-27)57-25-33(40(55-57)41(47)48)52-42(61)34-26-66-44(53-34)28-17-19-50-37(23-28)51-31-8-2-3-10-36(31)59/h4,7,9,17,19,23,25-27,29,31,35-36,41,49,59H,2-3,5-6,8,10-16,18,20-22,24H2,1H3,(H,50,51)(H,52,61)(H,54,60,62)/t27?,29?,31-,35?,36+/m1/s1. The summed E-state index contributed by atoms with van der Waals surface area (Å²) in [6, 6.07) is 7.15. The molecule has 2 aliphatic heterocycles. The number of fused-ring (bicyclic) bond motifs is 1. The number of alkyl halides is 2. The summed E-state index contributed by atoms with van der Waals surface area (Å²) in [6.07, 6.45) is 9.38. The van der Waals surface area contributed by atoms with E-state index in [2.05, 4.69) is 48.3 Å². The third-order valence-electron chi connectivity index (χ3n) is 12.9. The lowest BCUT2D eigenvalue weighted by molar-refractivity contribution is -0.136. The van der Waals surface area contributed by atoms with Crippen LogP contribution >= 0.6 is 0 Å². The van der Waals surface area contributed by atoms with Crippen molar-refractivity contribution in [2.75, 3.05) is 55.8 Å². The molecule has 0 radical (unpaired) electrons. The van der Waals surface area contributed by atoms with Gasteiger partial charge in [0, 0.05) is 62.9 Å². The highest BCUT2D eigenvalue weighted by molar-refractivity contribution is 6.25. The first-order valence-corrected chi connectivity index (χ1v) is 22.8. The Balaban J connectivity index is 0.732. The van der Waals surface area contributed by atoms with Crippen molar-refractivity contribution in [3.8, 4) is 11.5 Å². The van der Waals surface area contributed by atoms with Crippen LogP contribution in [0.1, 0.15) is 126 Å². The van der Waals surface area contributed by atoms with E-state index in [0.29, 0.717) is 49.2 Å². The van der Waals surface area contributed by atoms with Crippen LogP contribution in [0, 0.1) is 5.92 Å². The molecule has 8 rings (SSSR count). The molecule has 5 N–H and O–H groups in total. The number of nitrogens with zero attached hydrogens (tertiary/aromatic N) is 6. The number of anilines is 3. The maximum Gasteiger partial charge on any atom is 0.284 e. The lowest BCUT2D eigenvalue weighted by Crippen LogP contribution is -2.54. The number of pyridine rings is 1. The summed E-state index contributed by atoms with van der Waals surface area (Å²) in [5.41, 5.74) is 0.865. The highest BCUT2D eigenvalue weighted by atomic mass is 19.3. The second-order valence-electron chi connectivity index (χ2n) is 17.6. The van der Waals surface area contributed by atoms with Gasteiger partial charge in [0.2, 0.25) is 17.7 Å². The van der Waals surface area contributed by atoms with E-state index in [0.717, 1.165) is 75.8 Å². The largest absolute Gasteiger partial charge is 0.444 e. The number of hydrogen-bond acceptors (Lipinski definition) is 14. The first-order chi connectivity index (χ1) is 31.9. The van der Waals surface area contributed by atoms with Crippen molar-refractivity contribution in [1.29, 1.82) is 0 Å². The molecule has 3 atom stereocenters. The minimum Gasteiger partial charge on any atom is -0.444 e. The third kappa shape index (κ3) is 10.8. The molecule has 1 saturated heterocycles. The molecule has 4 aliphatic rings. The fourth-order valence-electron chi connectivity index (χ4n) is 9.38. The molecule has 66 heavy (non-hydrogen) atoms. The summed E-state index contributed by atoms with van der Waals surface area (Å²) in [6.45, 7) is 3.31.